The van der Waals surface area contributed by atoms with Crippen LogP contribution in [-0.2, 0) is 4.79 Å². The van der Waals surface area contributed by atoms with Crippen LogP contribution in [0, 0.1) is 0 Å². The van der Waals surface area contributed by atoms with Crippen molar-refractivity contribution in [2.24, 2.45) is 5.73 Å². The van der Waals surface area contributed by atoms with Gasteiger partial charge in [0.15, 0.2) is 0 Å². The predicted octanol–water partition coefficient (Wildman–Crippen LogP) is 1.13. The number of amides is 1. The number of hydrogen-bond donors (Lipinski definition) is 2. The van der Waals surface area contributed by atoms with E-state index in [1.54, 1.807) is 0 Å². The highest BCUT2D eigenvalue weighted by Crippen LogP contribution is 2.08. The molecule has 3 N–H and O–H groups in total. The lowest BCUT2D eigenvalue weighted by Gasteiger charge is -2.32. The van der Waals surface area contributed by atoms with Gasteiger partial charge in [0, 0.05) is 39.3 Å². The highest BCUT2D eigenvalue weighted by Gasteiger charge is 2.26. The number of nitrogens with zero attached hydrogens (tertiary/aromatic N) is 2. The minimum atomic E-state index is -0.725. The van der Waals surface area contributed by atoms with Crippen LogP contribution >= 0.6 is 37.2 Å². The van der Waals surface area contributed by atoms with Crippen LogP contribution in [0.25, 0.3) is 0 Å². The molecule has 0 aromatic rings. The fraction of sp³-hybridized carbons (Fsp3) is 0.923. The Kier molecular flexibility index (Phi) is 15.8. The van der Waals surface area contributed by atoms with E-state index in [4.69, 9.17) is 5.73 Å². The number of carbonyl (C=O) groups is 1. The maximum atomic E-state index is 11.9. The highest BCUT2D eigenvalue weighted by atomic mass is 35.5. The van der Waals surface area contributed by atoms with Crippen molar-refractivity contribution in [2.75, 3.05) is 46.3 Å². The molecule has 21 heavy (non-hydrogen) atoms. The SMILES string of the molecule is CCCC(C)(N)C(=O)NCCN1CCN(C)CC1.Cl.Cl.Cl. The molecule has 1 aliphatic rings. The second-order valence-electron chi connectivity index (χ2n) is 5.57. The van der Waals surface area contributed by atoms with Crippen molar-refractivity contribution in [3.63, 3.8) is 0 Å². The lowest BCUT2D eigenvalue weighted by Crippen LogP contribution is -2.53. The molecule has 0 saturated carbocycles. The first-order valence-electron chi connectivity index (χ1n) is 6.94. The van der Waals surface area contributed by atoms with Crippen LogP contribution in [0.5, 0.6) is 0 Å². The third-order valence-electron chi connectivity index (χ3n) is 3.60. The molecule has 0 aromatic carbocycles. The Morgan fingerprint density at radius 1 is 1.19 bits per heavy atom. The van der Waals surface area contributed by atoms with E-state index in [1.807, 2.05) is 13.8 Å². The number of halogens is 3. The van der Waals surface area contributed by atoms with E-state index in [0.717, 1.165) is 45.6 Å². The summed E-state index contributed by atoms with van der Waals surface area (Å²) in [4.78, 5) is 16.6. The van der Waals surface area contributed by atoms with Gasteiger partial charge in [0.25, 0.3) is 0 Å². The van der Waals surface area contributed by atoms with Crippen molar-refractivity contribution >= 4 is 43.1 Å². The van der Waals surface area contributed by atoms with Gasteiger partial charge in [-0.05, 0) is 20.4 Å². The zero-order valence-corrected chi connectivity index (χ0v) is 15.7. The minimum Gasteiger partial charge on any atom is -0.353 e. The number of hydrogen-bond acceptors (Lipinski definition) is 4. The summed E-state index contributed by atoms with van der Waals surface area (Å²) in [5, 5.41) is 2.95. The Hall–Kier alpha value is 0.220. The third-order valence-corrected chi connectivity index (χ3v) is 3.60. The van der Waals surface area contributed by atoms with Crippen LogP contribution in [0.3, 0.4) is 0 Å². The van der Waals surface area contributed by atoms with E-state index in [1.165, 1.54) is 0 Å². The van der Waals surface area contributed by atoms with E-state index in [2.05, 4.69) is 22.2 Å². The summed E-state index contributed by atoms with van der Waals surface area (Å²) in [7, 11) is 2.14. The van der Waals surface area contributed by atoms with Gasteiger partial charge in [-0.2, -0.15) is 0 Å². The van der Waals surface area contributed by atoms with Gasteiger partial charge in [-0.15, -0.1) is 37.2 Å². The van der Waals surface area contributed by atoms with E-state index < -0.39 is 5.54 Å². The first-order valence-corrected chi connectivity index (χ1v) is 6.94. The van der Waals surface area contributed by atoms with Crippen LogP contribution in [0.15, 0.2) is 0 Å². The highest BCUT2D eigenvalue weighted by molar-refractivity contribution is 5.86. The predicted molar refractivity (Wildman–Crippen MR) is 96.2 cm³/mol. The molecule has 1 aliphatic heterocycles. The van der Waals surface area contributed by atoms with Crippen LogP contribution < -0.4 is 11.1 Å². The standard InChI is InChI=1S/C13H28N4O.3ClH/c1-4-5-13(2,14)12(18)15-6-7-17-10-8-16(3)9-11-17;;;/h4-11,14H2,1-3H3,(H,15,18);3*1H. The molecule has 0 aliphatic carbocycles. The monoisotopic (exact) mass is 364 g/mol. The molecule has 0 radical (unpaired) electrons. The van der Waals surface area contributed by atoms with Crippen molar-refractivity contribution in [2.45, 2.75) is 32.2 Å². The minimum absolute atomic E-state index is 0. The van der Waals surface area contributed by atoms with Crippen LogP contribution in [0.2, 0.25) is 0 Å². The van der Waals surface area contributed by atoms with Gasteiger partial charge in [0.2, 0.25) is 5.91 Å². The number of rotatable bonds is 6. The lowest BCUT2D eigenvalue weighted by molar-refractivity contribution is -0.126. The summed E-state index contributed by atoms with van der Waals surface area (Å²) in [6.07, 6.45) is 1.66. The first-order chi connectivity index (χ1) is 8.45. The topological polar surface area (TPSA) is 61.6 Å². The van der Waals surface area contributed by atoms with Crippen molar-refractivity contribution in [3.8, 4) is 0 Å². The number of likely N-dealkylation sites (N-methyl/N-ethyl adjacent to an activating group) is 1. The van der Waals surface area contributed by atoms with E-state index in [0.29, 0.717) is 6.54 Å². The van der Waals surface area contributed by atoms with Crippen molar-refractivity contribution in [1.82, 2.24) is 15.1 Å². The normalized spacial score (nSPS) is 18.5. The molecule has 1 atom stereocenters. The first kappa shape index (κ1) is 26.1. The molecule has 1 fully saturated rings. The molecule has 1 saturated heterocycles. The summed E-state index contributed by atoms with van der Waals surface area (Å²) >= 11 is 0. The maximum Gasteiger partial charge on any atom is 0.239 e. The van der Waals surface area contributed by atoms with Crippen molar-refractivity contribution in [3.05, 3.63) is 0 Å². The number of piperazine rings is 1. The molecule has 1 heterocycles. The van der Waals surface area contributed by atoms with Crippen molar-refractivity contribution < 1.29 is 4.79 Å². The summed E-state index contributed by atoms with van der Waals surface area (Å²) in [5.74, 6) is -0.0292. The Morgan fingerprint density at radius 3 is 2.19 bits per heavy atom. The molecule has 5 nitrogen and oxygen atoms in total. The molecule has 8 heteroatoms. The number of nitrogens with one attached hydrogen (secondary N) is 1. The molecular weight excluding hydrogens is 335 g/mol. The van der Waals surface area contributed by atoms with Crippen LogP contribution in [-0.4, -0.2) is 67.6 Å². The Labute approximate surface area is 147 Å². The summed E-state index contributed by atoms with van der Waals surface area (Å²) in [5.41, 5.74) is 5.25. The second kappa shape index (κ2) is 12.7. The van der Waals surface area contributed by atoms with Crippen LogP contribution in [0.1, 0.15) is 26.7 Å². The van der Waals surface area contributed by atoms with Gasteiger partial charge >= 0.3 is 0 Å². The van der Waals surface area contributed by atoms with Crippen molar-refractivity contribution in [1.29, 1.82) is 0 Å². The average Bonchev–Trinajstić information content (AvgIpc) is 2.31. The number of carbonyl (C=O) groups excluding carboxylic acids is 1. The Bertz CT molecular complexity index is 272. The quantitative estimate of drug-likeness (QED) is 0.741. The third kappa shape index (κ3) is 9.76. The Balaban J connectivity index is -0.00000108. The number of nitrogens with two attached hydrogens (primary N) is 1. The van der Waals surface area contributed by atoms with Gasteiger partial charge in [-0.25, -0.2) is 0 Å². The van der Waals surface area contributed by atoms with E-state index in [9.17, 15) is 4.79 Å². The van der Waals surface area contributed by atoms with E-state index in [-0.39, 0.29) is 43.1 Å². The summed E-state index contributed by atoms with van der Waals surface area (Å²) in [6.45, 7) is 9.85. The second-order valence-corrected chi connectivity index (χ2v) is 5.57. The summed E-state index contributed by atoms with van der Waals surface area (Å²) < 4.78 is 0. The molecule has 0 aromatic heterocycles. The molecule has 0 spiro atoms. The Morgan fingerprint density at radius 2 is 1.71 bits per heavy atom. The zero-order chi connectivity index (χ0) is 13.6. The molecule has 1 unspecified atom stereocenters. The fourth-order valence-corrected chi connectivity index (χ4v) is 2.23. The smallest absolute Gasteiger partial charge is 0.239 e. The zero-order valence-electron chi connectivity index (χ0n) is 13.3. The lowest BCUT2D eigenvalue weighted by atomic mass is 9.96. The summed E-state index contributed by atoms with van der Waals surface area (Å²) in [6, 6.07) is 0. The molecule has 130 valence electrons. The van der Waals surface area contributed by atoms with Gasteiger partial charge in [-0.3, -0.25) is 9.69 Å². The molecular formula is C13H31Cl3N4O. The maximum absolute atomic E-state index is 11.9. The largest absolute Gasteiger partial charge is 0.353 e. The van der Waals surface area contributed by atoms with Gasteiger partial charge in [0.1, 0.15) is 0 Å². The van der Waals surface area contributed by atoms with Gasteiger partial charge < -0.3 is 16.0 Å². The average molecular weight is 366 g/mol. The van der Waals surface area contributed by atoms with E-state index >= 15 is 0 Å². The van der Waals surface area contributed by atoms with Gasteiger partial charge in [-0.1, -0.05) is 13.3 Å². The van der Waals surface area contributed by atoms with Crippen LogP contribution in [0.4, 0.5) is 0 Å². The molecule has 1 amide bonds. The van der Waals surface area contributed by atoms with Gasteiger partial charge in [0.05, 0.1) is 5.54 Å². The molecule has 1 rings (SSSR count). The fourth-order valence-electron chi connectivity index (χ4n) is 2.23. The molecule has 0 bridgehead atoms.